The number of halogens is 1. The van der Waals surface area contributed by atoms with Gasteiger partial charge in [-0.1, -0.05) is 18.6 Å². The first-order valence-corrected chi connectivity index (χ1v) is 10.6. The Bertz CT molecular complexity index is 1030. The second kappa shape index (κ2) is 8.08. The molecule has 1 saturated heterocycles. The number of aromatic nitrogens is 1. The molecule has 0 radical (unpaired) electrons. The van der Waals surface area contributed by atoms with Crippen LogP contribution >= 0.6 is 11.3 Å². The molecule has 29 heavy (non-hydrogen) atoms. The maximum Gasteiger partial charge on any atom is 0.265 e. The molecule has 2 aromatic heterocycles. The molecular weight excluding hydrogens is 387 g/mol. The molecule has 1 aliphatic heterocycles. The third kappa shape index (κ3) is 3.97. The maximum atomic E-state index is 13.2. The highest BCUT2D eigenvalue weighted by Crippen LogP contribution is 2.37. The predicted octanol–water partition coefficient (Wildman–Crippen LogP) is 4.45. The van der Waals surface area contributed by atoms with E-state index < -0.39 is 0 Å². The number of likely N-dealkylation sites (tertiary alicyclic amines) is 1. The van der Waals surface area contributed by atoms with Crippen molar-refractivity contribution in [1.29, 1.82) is 0 Å². The molecule has 3 heterocycles. The quantitative estimate of drug-likeness (QED) is 0.688. The lowest BCUT2D eigenvalue weighted by Crippen LogP contribution is -2.33. The summed E-state index contributed by atoms with van der Waals surface area (Å²) in [4.78, 5) is 22.6. The van der Waals surface area contributed by atoms with Crippen molar-refractivity contribution in [3.8, 4) is 0 Å². The van der Waals surface area contributed by atoms with Gasteiger partial charge in [0.25, 0.3) is 5.91 Å². The topological polar surface area (TPSA) is 62.5 Å². The number of nitrogens with zero attached hydrogens (tertiary/aromatic N) is 3. The Kier molecular flexibility index (Phi) is 5.52. The summed E-state index contributed by atoms with van der Waals surface area (Å²) in [6, 6.07) is 10.9. The average molecular weight is 413 g/mol. The number of nitrogens with two attached hydrogens (primary N) is 1. The van der Waals surface area contributed by atoms with Gasteiger partial charge in [-0.05, 0) is 49.2 Å². The Balaban J connectivity index is 1.64. The summed E-state index contributed by atoms with van der Waals surface area (Å²) in [7, 11) is 3.45. The number of benzene rings is 1. The summed E-state index contributed by atoms with van der Waals surface area (Å²) in [5.74, 6) is -0.308. The largest absolute Gasteiger partial charge is 0.397 e. The van der Waals surface area contributed by atoms with Crippen LogP contribution in [0.2, 0.25) is 0 Å². The van der Waals surface area contributed by atoms with Crippen LogP contribution in [0.25, 0.3) is 10.2 Å². The fraction of sp³-hybridized carbons (Fsp3) is 0.364. The van der Waals surface area contributed by atoms with E-state index in [1.165, 1.54) is 28.4 Å². The Morgan fingerprint density at radius 3 is 2.72 bits per heavy atom. The Hall–Kier alpha value is -2.51. The summed E-state index contributed by atoms with van der Waals surface area (Å²) in [5, 5.41) is 0.838. The van der Waals surface area contributed by atoms with Crippen LogP contribution in [-0.4, -0.2) is 41.3 Å². The van der Waals surface area contributed by atoms with Crippen molar-refractivity contribution in [1.82, 2.24) is 14.8 Å². The third-order valence-electron chi connectivity index (χ3n) is 5.47. The van der Waals surface area contributed by atoms with Gasteiger partial charge in [-0.3, -0.25) is 9.69 Å². The van der Waals surface area contributed by atoms with Crippen LogP contribution in [0, 0.1) is 5.82 Å². The molecule has 4 rings (SSSR count). The van der Waals surface area contributed by atoms with Crippen molar-refractivity contribution in [3.63, 3.8) is 0 Å². The molecule has 0 aliphatic carbocycles. The first kappa shape index (κ1) is 19.8. The minimum absolute atomic E-state index is 0.0948. The van der Waals surface area contributed by atoms with Crippen LogP contribution in [0.4, 0.5) is 10.1 Å². The van der Waals surface area contributed by atoms with Gasteiger partial charge in [0.2, 0.25) is 0 Å². The SMILES string of the molecule is CN(C)C(=O)c1sc2nc([C@@H]3CCCCN3Cc3ccc(F)cc3)ccc2c1N. The number of hydrogen-bond acceptors (Lipinski definition) is 5. The Morgan fingerprint density at radius 2 is 2.00 bits per heavy atom. The number of pyridine rings is 1. The molecule has 1 aromatic carbocycles. The molecule has 1 atom stereocenters. The van der Waals surface area contributed by atoms with Gasteiger partial charge in [-0.25, -0.2) is 9.37 Å². The van der Waals surface area contributed by atoms with Gasteiger partial charge in [-0.15, -0.1) is 11.3 Å². The third-order valence-corrected chi connectivity index (χ3v) is 6.57. The zero-order chi connectivity index (χ0) is 20.5. The summed E-state index contributed by atoms with van der Waals surface area (Å²) < 4.78 is 13.2. The minimum atomic E-state index is -0.213. The molecule has 0 unspecified atom stereocenters. The van der Waals surface area contributed by atoms with Gasteiger partial charge in [0.15, 0.2) is 0 Å². The summed E-state index contributed by atoms with van der Waals surface area (Å²) in [6.07, 6.45) is 3.33. The molecule has 1 aliphatic rings. The fourth-order valence-corrected chi connectivity index (χ4v) is 5.02. The number of carbonyl (C=O) groups is 1. The highest BCUT2D eigenvalue weighted by atomic mass is 32.1. The number of amides is 1. The number of fused-ring (bicyclic) bond motifs is 1. The van der Waals surface area contributed by atoms with Gasteiger partial charge in [0.1, 0.15) is 15.5 Å². The van der Waals surface area contributed by atoms with E-state index in [2.05, 4.69) is 4.90 Å². The van der Waals surface area contributed by atoms with Gasteiger partial charge < -0.3 is 10.6 Å². The normalized spacial score (nSPS) is 17.6. The summed E-state index contributed by atoms with van der Waals surface area (Å²) in [5.41, 5.74) is 8.84. The van der Waals surface area contributed by atoms with Crippen molar-refractivity contribution >= 4 is 33.1 Å². The van der Waals surface area contributed by atoms with Crippen molar-refractivity contribution in [2.45, 2.75) is 31.8 Å². The van der Waals surface area contributed by atoms with E-state index in [-0.39, 0.29) is 17.8 Å². The highest BCUT2D eigenvalue weighted by Gasteiger charge is 2.26. The first-order valence-electron chi connectivity index (χ1n) is 9.83. The molecule has 7 heteroatoms. The average Bonchev–Trinajstić information content (AvgIpc) is 3.05. The molecular formula is C22H25FN4OS. The van der Waals surface area contributed by atoms with Crippen LogP contribution in [0.15, 0.2) is 36.4 Å². The Morgan fingerprint density at radius 1 is 1.24 bits per heavy atom. The second-order valence-electron chi connectivity index (χ2n) is 7.74. The van der Waals surface area contributed by atoms with Crippen LogP contribution in [0.1, 0.15) is 46.2 Å². The standard InChI is InChI=1S/C22H25FN4OS/c1-26(2)22(28)20-19(24)16-10-11-17(25-21(16)29-20)18-5-3-4-12-27(18)13-14-6-8-15(23)9-7-14/h6-11,18H,3-5,12-13,24H2,1-2H3/t18-/m0/s1. The lowest BCUT2D eigenvalue weighted by atomic mass is 9.97. The molecule has 0 spiro atoms. The maximum absolute atomic E-state index is 13.2. The Labute approximate surface area is 173 Å². The van der Waals surface area contributed by atoms with Crippen LogP contribution in [0.3, 0.4) is 0 Å². The van der Waals surface area contributed by atoms with Crippen LogP contribution < -0.4 is 5.73 Å². The van der Waals surface area contributed by atoms with Gasteiger partial charge in [0.05, 0.1) is 17.4 Å². The molecule has 0 bridgehead atoms. The van der Waals surface area contributed by atoms with Gasteiger partial charge in [-0.2, -0.15) is 0 Å². The second-order valence-corrected chi connectivity index (χ2v) is 8.74. The zero-order valence-corrected chi connectivity index (χ0v) is 17.5. The van der Waals surface area contributed by atoms with E-state index in [1.807, 2.05) is 24.3 Å². The van der Waals surface area contributed by atoms with Crippen LogP contribution in [-0.2, 0) is 6.54 Å². The number of thiophene rings is 1. The van der Waals surface area contributed by atoms with Gasteiger partial charge in [0, 0.05) is 26.0 Å². The van der Waals surface area contributed by atoms with Crippen molar-refractivity contribution in [2.24, 2.45) is 0 Å². The van der Waals surface area contributed by atoms with Crippen LogP contribution in [0.5, 0.6) is 0 Å². The smallest absolute Gasteiger partial charge is 0.265 e. The molecule has 5 nitrogen and oxygen atoms in total. The fourth-order valence-electron chi connectivity index (χ4n) is 3.90. The monoisotopic (exact) mass is 412 g/mol. The lowest BCUT2D eigenvalue weighted by Gasteiger charge is -2.35. The molecule has 3 aromatic rings. The van der Waals surface area contributed by atoms with E-state index in [0.717, 1.165) is 53.8 Å². The molecule has 2 N–H and O–H groups in total. The van der Waals surface area contributed by atoms with Crippen molar-refractivity contribution < 1.29 is 9.18 Å². The first-order chi connectivity index (χ1) is 13.9. The molecule has 152 valence electrons. The number of carbonyl (C=O) groups excluding carboxylic acids is 1. The molecule has 0 saturated carbocycles. The number of nitrogen functional groups attached to an aromatic ring is 1. The predicted molar refractivity (Wildman–Crippen MR) is 115 cm³/mol. The number of rotatable bonds is 4. The van der Waals surface area contributed by atoms with E-state index >= 15 is 0 Å². The van der Waals surface area contributed by atoms with E-state index in [9.17, 15) is 9.18 Å². The van der Waals surface area contributed by atoms with Gasteiger partial charge >= 0.3 is 0 Å². The lowest BCUT2D eigenvalue weighted by molar-refractivity contribution is 0.0833. The molecule has 1 amide bonds. The molecule has 1 fully saturated rings. The number of anilines is 1. The van der Waals surface area contributed by atoms with Crippen molar-refractivity contribution in [3.05, 3.63) is 58.3 Å². The summed E-state index contributed by atoms with van der Waals surface area (Å²) >= 11 is 1.36. The number of piperidine rings is 1. The van der Waals surface area contributed by atoms with Crippen molar-refractivity contribution in [2.75, 3.05) is 26.4 Å². The van der Waals surface area contributed by atoms with E-state index in [0.29, 0.717) is 10.6 Å². The summed E-state index contributed by atoms with van der Waals surface area (Å²) in [6.45, 7) is 1.75. The van der Waals surface area contributed by atoms with E-state index in [1.54, 1.807) is 14.1 Å². The highest BCUT2D eigenvalue weighted by molar-refractivity contribution is 7.21. The minimum Gasteiger partial charge on any atom is -0.397 e. The van der Waals surface area contributed by atoms with E-state index in [4.69, 9.17) is 10.7 Å². The zero-order valence-electron chi connectivity index (χ0n) is 16.7. The number of hydrogen-bond donors (Lipinski definition) is 1.